The van der Waals surface area contributed by atoms with Gasteiger partial charge in [0.1, 0.15) is 0 Å². The Hall–Kier alpha value is -1.18. The topological polar surface area (TPSA) is 18.5 Å². The number of hydrogen-bond donors (Lipinski definition) is 0. The maximum absolute atomic E-state index is 5.91. The lowest BCUT2D eigenvalue weighted by Gasteiger charge is -2.12. The molecule has 1 rings (SSSR count). The molecule has 1 aromatic rings. The van der Waals surface area contributed by atoms with Gasteiger partial charge >= 0.3 is 0 Å². The summed E-state index contributed by atoms with van der Waals surface area (Å²) in [5.41, 5.74) is 0. The molecule has 1 radical (unpaired) electrons. The van der Waals surface area contributed by atoms with Gasteiger partial charge < -0.3 is 9.47 Å². The highest BCUT2D eigenvalue weighted by atomic mass is 16.5. The molecule has 2 nitrogen and oxygen atoms in total. The predicted octanol–water partition coefficient (Wildman–Crippen LogP) is 6.97. The van der Waals surface area contributed by atoms with Crippen LogP contribution in [0.3, 0.4) is 0 Å². The normalized spacial score (nSPS) is 10.8. The van der Waals surface area contributed by atoms with E-state index < -0.39 is 0 Å². The molecule has 0 aliphatic rings. The first-order chi connectivity index (χ1) is 11.9. The third kappa shape index (κ3) is 10.6. The quantitative estimate of drug-likeness (QED) is 0.304. The van der Waals surface area contributed by atoms with E-state index in [2.05, 4.69) is 19.9 Å². The van der Waals surface area contributed by atoms with Gasteiger partial charge in [-0.25, -0.2) is 0 Å². The molecule has 0 spiro atoms. The van der Waals surface area contributed by atoms with Crippen LogP contribution < -0.4 is 9.47 Å². The van der Waals surface area contributed by atoms with Crippen molar-refractivity contribution in [1.29, 1.82) is 0 Å². The minimum absolute atomic E-state index is 0.775. The SMILES string of the molecule is CCCCCCCCOc1c[c]ccc1OCCCCCCCC. The first kappa shape index (κ1) is 20.9. The van der Waals surface area contributed by atoms with Gasteiger partial charge in [-0.15, -0.1) is 0 Å². The fraction of sp³-hybridized carbons (Fsp3) is 0.727. The maximum Gasteiger partial charge on any atom is 0.161 e. The highest BCUT2D eigenvalue weighted by molar-refractivity contribution is 5.38. The highest BCUT2D eigenvalue weighted by Crippen LogP contribution is 2.26. The number of hydrogen-bond acceptors (Lipinski definition) is 2. The minimum Gasteiger partial charge on any atom is -0.490 e. The van der Waals surface area contributed by atoms with Crippen LogP contribution in [0.15, 0.2) is 18.2 Å². The van der Waals surface area contributed by atoms with Crippen LogP contribution in [-0.2, 0) is 0 Å². The second-order valence-corrected chi connectivity index (χ2v) is 6.61. The van der Waals surface area contributed by atoms with E-state index in [0.717, 1.165) is 37.6 Å². The lowest BCUT2D eigenvalue weighted by atomic mass is 10.1. The Balaban J connectivity index is 2.14. The average molecular weight is 334 g/mol. The molecular weight excluding hydrogens is 296 g/mol. The summed E-state index contributed by atoms with van der Waals surface area (Å²) in [7, 11) is 0. The molecule has 0 fully saturated rings. The first-order valence-corrected chi connectivity index (χ1v) is 10.1. The molecule has 2 heteroatoms. The number of ether oxygens (including phenoxy) is 2. The number of rotatable bonds is 16. The van der Waals surface area contributed by atoms with Crippen molar-refractivity contribution >= 4 is 0 Å². The molecule has 0 atom stereocenters. The molecule has 0 saturated heterocycles. The molecule has 0 aliphatic heterocycles. The zero-order valence-electron chi connectivity index (χ0n) is 15.9. The van der Waals surface area contributed by atoms with Crippen LogP contribution in [-0.4, -0.2) is 13.2 Å². The van der Waals surface area contributed by atoms with Crippen LogP contribution in [0.25, 0.3) is 0 Å². The second-order valence-electron chi connectivity index (χ2n) is 6.61. The summed E-state index contributed by atoms with van der Waals surface area (Å²) in [6, 6.07) is 8.85. The zero-order chi connectivity index (χ0) is 17.3. The number of benzene rings is 1. The lowest BCUT2D eigenvalue weighted by Crippen LogP contribution is -2.02. The Morgan fingerprint density at radius 3 is 1.75 bits per heavy atom. The molecule has 137 valence electrons. The van der Waals surface area contributed by atoms with Gasteiger partial charge in [0.25, 0.3) is 0 Å². The van der Waals surface area contributed by atoms with Gasteiger partial charge in [-0.1, -0.05) is 84.1 Å². The highest BCUT2D eigenvalue weighted by Gasteiger charge is 2.04. The van der Waals surface area contributed by atoms with E-state index >= 15 is 0 Å². The van der Waals surface area contributed by atoms with Crippen molar-refractivity contribution in [2.75, 3.05) is 13.2 Å². The Kier molecular flexibility index (Phi) is 13.3. The van der Waals surface area contributed by atoms with Gasteiger partial charge in [0.2, 0.25) is 0 Å². The van der Waals surface area contributed by atoms with Gasteiger partial charge in [-0.3, -0.25) is 0 Å². The van der Waals surface area contributed by atoms with Crippen LogP contribution in [0.2, 0.25) is 0 Å². The van der Waals surface area contributed by atoms with Gasteiger partial charge in [-0.2, -0.15) is 0 Å². The van der Waals surface area contributed by atoms with Crippen LogP contribution in [0.5, 0.6) is 11.5 Å². The van der Waals surface area contributed by atoms with Crippen LogP contribution >= 0.6 is 0 Å². The van der Waals surface area contributed by atoms with Crippen molar-refractivity contribution in [3.63, 3.8) is 0 Å². The van der Waals surface area contributed by atoms with Crippen molar-refractivity contribution in [2.45, 2.75) is 90.9 Å². The smallest absolute Gasteiger partial charge is 0.161 e. The van der Waals surface area contributed by atoms with Crippen molar-refractivity contribution in [2.24, 2.45) is 0 Å². The zero-order valence-corrected chi connectivity index (χ0v) is 15.9. The monoisotopic (exact) mass is 333 g/mol. The summed E-state index contributed by atoms with van der Waals surface area (Å²) >= 11 is 0. The molecule has 0 amide bonds. The minimum atomic E-state index is 0.775. The van der Waals surface area contributed by atoms with Gasteiger partial charge in [-0.05, 0) is 31.0 Å². The van der Waals surface area contributed by atoms with Crippen LogP contribution in [0.4, 0.5) is 0 Å². The fourth-order valence-electron chi connectivity index (χ4n) is 2.76. The summed E-state index contributed by atoms with van der Waals surface area (Å²) < 4.78 is 11.8. The summed E-state index contributed by atoms with van der Waals surface area (Å²) in [6.45, 7) is 6.06. The molecular formula is C22H37O2. The second kappa shape index (κ2) is 15.4. The van der Waals surface area contributed by atoms with E-state index in [1.54, 1.807) is 0 Å². The Bertz CT molecular complexity index is 352. The molecule has 0 N–H and O–H groups in total. The van der Waals surface area contributed by atoms with E-state index in [0.29, 0.717) is 0 Å². The van der Waals surface area contributed by atoms with Crippen molar-refractivity contribution in [3.05, 3.63) is 24.3 Å². The van der Waals surface area contributed by atoms with Crippen LogP contribution in [0.1, 0.15) is 90.9 Å². The molecule has 0 bridgehead atoms. The fourth-order valence-corrected chi connectivity index (χ4v) is 2.76. The molecule has 0 unspecified atom stereocenters. The van der Waals surface area contributed by atoms with Crippen LogP contribution in [0, 0.1) is 6.07 Å². The van der Waals surface area contributed by atoms with E-state index in [-0.39, 0.29) is 0 Å². The summed E-state index contributed by atoms with van der Waals surface area (Å²) in [4.78, 5) is 0. The van der Waals surface area contributed by atoms with E-state index in [9.17, 15) is 0 Å². The molecule has 1 aromatic carbocycles. The van der Waals surface area contributed by atoms with Gasteiger partial charge in [0.15, 0.2) is 11.5 Å². The molecule has 24 heavy (non-hydrogen) atoms. The van der Waals surface area contributed by atoms with Gasteiger partial charge in [0, 0.05) is 0 Å². The summed E-state index contributed by atoms with van der Waals surface area (Å²) in [5, 5.41) is 0. The summed E-state index contributed by atoms with van der Waals surface area (Å²) in [5.74, 6) is 1.71. The van der Waals surface area contributed by atoms with E-state index in [4.69, 9.17) is 9.47 Å². The van der Waals surface area contributed by atoms with E-state index in [1.165, 1.54) is 64.2 Å². The third-order valence-electron chi connectivity index (χ3n) is 4.30. The van der Waals surface area contributed by atoms with Crippen molar-refractivity contribution < 1.29 is 9.47 Å². The molecule has 0 heterocycles. The Labute approximate surface area is 149 Å². The molecule has 0 saturated carbocycles. The predicted molar refractivity (Wildman–Crippen MR) is 103 cm³/mol. The molecule has 0 aromatic heterocycles. The van der Waals surface area contributed by atoms with Crippen molar-refractivity contribution in [3.8, 4) is 11.5 Å². The third-order valence-corrected chi connectivity index (χ3v) is 4.30. The van der Waals surface area contributed by atoms with Crippen molar-refractivity contribution in [1.82, 2.24) is 0 Å². The van der Waals surface area contributed by atoms with Gasteiger partial charge in [0.05, 0.1) is 13.2 Å². The molecule has 0 aliphatic carbocycles. The first-order valence-electron chi connectivity index (χ1n) is 10.1. The largest absolute Gasteiger partial charge is 0.490 e. The standard InChI is InChI=1S/C22H37O2/c1-3-5-7-9-11-15-19-23-21-17-13-14-18-22(21)24-20-16-12-10-8-6-4-2/h13,17-18H,3-12,15-16,19-20H2,1-2H3. The average Bonchev–Trinajstić information content (AvgIpc) is 2.61. The van der Waals surface area contributed by atoms with E-state index in [1.807, 2.05) is 18.2 Å². The Morgan fingerprint density at radius 2 is 1.17 bits per heavy atom. The lowest BCUT2D eigenvalue weighted by molar-refractivity contribution is 0.258. The maximum atomic E-state index is 5.91. The Morgan fingerprint density at radius 1 is 0.667 bits per heavy atom. The number of unbranched alkanes of at least 4 members (excludes halogenated alkanes) is 10. The summed E-state index contributed by atoms with van der Waals surface area (Å²) in [6.07, 6.45) is 15.4.